The Balaban J connectivity index is 1.81. The van der Waals surface area contributed by atoms with E-state index < -0.39 is 24.0 Å². The second kappa shape index (κ2) is 10.8. The molecule has 1 aromatic carbocycles. The number of esters is 1. The topological polar surface area (TPSA) is 114 Å². The van der Waals surface area contributed by atoms with E-state index in [1.54, 1.807) is 19.1 Å². The van der Waals surface area contributed by atoms with E-state index in [-0.39, 0.29) is 11.6 Å². The standard InChI is InChI=1S/C26H25FN4O4S/c1-4-15(3)35-26(34)21(25(32)33)23-30-22(28-12-18-7-5-6-14(2)29-18)20-19(13-36-24(20)31-23)16-8-10-17(27)11-9-16/h5-11,13,15,21H,4,12H2,1-3H3,(H,32,33)(H,28,30,31). The number of pyridine rings is 1. The van der Waals surface area contributed by atoms with E-state index in [1.165, 1.54) is 23.5 Å². The molecule has 0 radical (unpaired) electrons. The monoisotopic (exact) mass is 508 g/mol. The molecule has 3 heterocycles. The van der Waals surface area contributed by atoms with Gasteiger partial charge in [0, 0.05) is 16.6 Å². The number of carboxylic acid groups (broad SMARTS) is 1. The number of aryl methyl sites for hydroxylation is 1. The zero-order valence-electron chi connectivity index (χ0n) is 20.0. The third-order valence-corrected chi connectivity index (χ3v) is 6.49. The molecule has 10 heteroatoms. The molecule has 2 unspecified atom stereocenters. The Hall–Kier alpha value is -3.92. The number of anilines is 1. The highest BCUT2D eigenvalue weighted by atomic mass is 32.1. The SMILES string of the molecule is CCC(C)OC(=O)C(C(=O)O)c1nc(NCc2cccc(C)n2)c2c(-c3ccc(F)cc3)csc2n1. The molecule has 0 aliphatic carbocycles. The maximum absolute atomic E-state index is 13.5. The van der Waals surface area contributed by atoms with Gasteiger partial charge in [-0.15, -0.1) is 11.3 Å². The normalized spacial score (nSPS) is 12.8. The van der Waals surface area contributed by atoms with E-state index in [0.717, 1.165) is 22.5 Å². The minimum Gasteiger partial charge on any atom is -0.480 e. The largest absolute Gasteiger partial charge is 0.480 e. The number of aromatic nitrogens is 3. The number of thiophene rings is 1. The van der Waals surface area contributed by atoms with E-state index in [9.17, 15) is 19.1 Å². The number of rotatable bonds is 9. The molecular weight excluding hydrogens is 483 g/mol. The molecule has 3 aromatic heterocycles. The van der Waals surface area contributed by atoms with Crippen LogP contribution in [0.15, 0.2) is 47.8 Å². The van der Waals surface area contributed by atoms with Gasteiger partial charge in [-0.05, 0) is 50.1 Å². The molecule has 0 amide bonds. The summed E-state index contributed by atoms with van der Waals surface area (Å²) in [5.74, 6) is -4.18. The third-order valence-electron chi connectivity index (χ3n) is 5.62. The summed E-state index contributed by atoms with van der Waals surface area (Å²) in [6, 6.07) is 11.7. The quantitative estimate of drug-likeness (QED) is 0.231. The van der Waals surface area contributed by atoms with Crippen LogP contribution in [0.5, 0.6) is 0 Å². The lowest BCUT2D eigenvalue weighted by Gasteiger charge is -2.16. The number of carbonyl (C=O) groups excluding carboxylic acids is 1. The number of halogens is 1. The predicted octanol–water partition coefficient (Wildman–Crippen LogP) is 5.32. The summed E-state index contributed by atoms with van der Waals surface area (Å²) in [6.45, 7) is 5.72. The molecule has 8 nitrogen and oxygen atoms in total. The average molecular weight is 509 g/mol. The summed E-state index contributed by atoms with van der Waals surface area (Å²) in [7, 11) is 0. The van der Waals surface area contributed by atoms with Crippen molar-refractivity contribution in [1.82, 2.24) is 15.0 Å². The molecule has 0 fully saturated rings. The van der Waals surface area contributed by atoms with Gasteiger partial charge in [-0.25, -0.2) is 14.4 Å². The Bertz CT molecular complexity index is 1410. The van der Waals surface area contributed by atoms with Crippen molar-refractivity contribution in [2.24, 2.45) is 0 Å². The Kier molecular flexibility index (Phi) is 7.54. The fourth-order valence-corrected chi connectivity index (χ4v) is 4.55. The van der Waals surface area contributed by atoms with Crippen LogP contribution in [0.25, 0.3) is 21.3 Å². The summed E-state index contributed by atoms with van der Waals surface area (Å²) in [6.07, 6.45) is 0.0973. The first-order valence-electron chi connectivity index (χ1n) is 11.4. The summed E-state index contributed by atoms with van der Waals surface area (Å²) < 4.78 is 18.8. The highest BCUT2D eigenvalue weighted by Crippen LogP contribution is 2.38. The summed E-state index contributed by atoms with van der Waals surface area (Å²) >= 11 is 1.28. The number of nitrogens with zero attached hydrogens (tertiary/aromatic N) is 3. The number of hydrogen-bond acceptors (Lipinski definition) is 8. The van der Waals surface area contributed by atoms with Gasteiger partial charge in [-0.2, -0.15) is 0 Å². The van der Waals surface area contributed by atoms with Crippen LogP contribution in [0.2, 0.25) is 0 Å². The Labute approximate surface area is 211 Å². The molecule has 2 atom stereocenters. The molecule has 186 valence electrons. The molecule has 4 rings (SSSR count). The second-order valence-corrected chi connectivity index (χ2v) is 9.18. The summed E-state index contributed by atoms with van der Waals surface area (Å²) in [4.78, 5) is 38.7. The van der Waals surface area contributed by atoms with Crippen molar-refractivity contribution in [3.63, 3.8) is 0 Å². The zero-order chi connectivity index (χ0) is 25.8. The lowest BCUT2D eigenvalue weighted by Crippen LogP contribution is -2.28. The second-order valence-electron chi connectivity index (χ2n) is 8.32. The van der Waals surface area contributed by atoms with Gasteiger partial charge in [0.2, 0.25) is 5.92 Å². The van der Waals surface area contributed by atoms with Crippen LogP contribution in [0.4, 0.5) is 10.2 Å². The van der Waals surface area contributed by atoms with Crippen molar-refractivity contribution in [3.05, 3.63) is 70.9 Å². The lowest BCUT2D eigenvalue weighted by molar-refractivity contribution is -0.157. The number of benzene rings is 1. The van der Waals surface area contributed by atoms with Crippen molar-refractivity contribution >= 4 is 39.3 Å². The van der Waals surface area contributed by atoms with Crippen molar-refractivity contribution in [3.8, 4) is 11.1 Å². The minimum atomic E-state index is -1.68. The number of ether oxygens (including phenoxy) is 1. The molecule has 0 aliphatic heterocycles. The lowest BCUT2D eigenvalue weighted by atomic mass is 10.1. The van der Waals surface area contributed by atoms with Crippen LogP contribution in [0.3, 0.4) is 0 Å². The van der Waals surface area contributed by atoms with Crippen LogP contribution < -0.4 is 5.32 Å². The van der Waals surface area contributed by atoms with Gasteiger partial charge in [-0.3, -0.25) is 14.6 Å². The molecule has 0 aliphatic rings. The molecule has 0 saturated heterocycles. The van der Waals surface area contributed by atoms with Gasteiger partial charge in [0.15, 0.2) is 5.82 Å². The van der Waals surface area contributed by atoms with Crippen LogP contribution in [-0.4, -0.2) is 38.1 Å². The predicted molar refractivity (Wildman–Crippen MR) is 135 cm³/mol. The number of carboxylic acids is 1. The van der Waals surface area contributed by atoms with E-state index >= 15 is 0 Å². The molecule has 0 spiro atoms. The summed E-state index contributed by atoms with van der Waals surface area (Å²) in [5, 5.41) is 15.6. The van der Waals surface area contributed by atoms with E-state index in [4.69, 9.17) is 4.74 Å². The van der Waals surface area contributed by atoms with Crippen LogP contribution in [0, 0.1) is 12.7 Å². The Morgan fingerprint density at radius 1 is 1.14 bits per heavy atom. The van der Waals surface area contributed by atoms with Crippen LogP contribution in [0.1, 0.15) is 43.4 Å². The van der Waals surface area contributed by atoms with Gasteiger partial charge < -0.3 is 15.2 Å². The van der Waals surface area contributed by atoms with Crippen molar-refractivity contribution in [1.29, 1.82) is 0 Å². The molecule has 0 saturated carbocycles. The van der Waals surface area contributed by atoms with Crippen molar-refractivity contribution < 1.29 is 23.8 Å². The minimum absolute atomic E-state index is 0.171. The molecule has 2 N–H and O–H groups in total. The van der Waals surface area contributed by atoms with Gasteiger partial charge >= 0.3 is 11.9 Å². The van der Waals surface area contributed by atoms with Crippen LogP contribution >= 0.6 is 11.3 Å². The fraction of sp³-hybridized carbons (Fsp3) is 0.269. The van der Waals surface area contributed by atoms with E-state index in [1.807, 2.05) is 37.4 Å². The first-order chi connectivity index (χ1) is 17.3. The van der Waals surface area contributed by atoms with Gasteiger partial charge in [0.25, 0.3) is 0 Å². The number of aliphatic carboxylic acids is 1. The highest BCUT2D eigenvalue weighted by molar-refractivity contribution is 7.17. The van der Waals surface area contributed by atoms with E-state index in [2.05, 4.69) is 20.3 Å². The van der Waals surface area contributed by atoms with Crippen molar-refractivity contribution in [2.45, 2.75) is 45.8 Å². The maximum atomic E-state index is 13.5. The Morgan fingerprint density at radius 3 is 2.56 bits per heavy atom. The molecular formula is C26H25FN4O4S. The van der Waals surface area contributed by atoms with Crippen molar-refractivity contribution in [2.75, 3.05) is 5.32 Å². The summed E-state index contributed by atoms with van der Waals surface area (Å²) in [5.41, 5.74) is 3.12. The fourth-order valence-electron chi connectivity index (χ4n) is 3.60. The van der Waals surface area contributed by atoms with Gasteiger partial charge in [-0.1, -0.05) is 25.1 Å². The molecule has 0 bridgehead atoms. The first-order valence-corrected chi connectivity index (χ1v) is 12.3. The molecule has 4 aromatic rings. The maximum Gasteiger partial charge on any atom is 0.328 e. The average Bonchev–Trinajstić information content (AvgIpc) is 3.27. The van der Waals surface area contributed by atoms with Gasteiger partial charge in [0.1, 0.15) is 16.5 Å². The smallest absolute Gasteiger partial charge is 0.328 e. The Morgan fingerprint density at radius 2 is 1.89 bits per heavy atom. The van der Waals surface area contributed by atoms with E-state index in [0.29, 0.717) is 29.0 Å². The molecule has 36 heavy (non-hydrogen) atoms. The number of hydrogen-bond donors (Lipinski definition) is 2. The number of nitrogens with one attached hydrogen (secondary N) is 1. The first kappa shape index (κ1) is 25.2. The zero-order valence-corrected chi connectivity index (χ0v) is 20.8. The number of carbonyl (C=O) groups is 2. The van der Waals surface area contributed by atoms with Gasteiger partial charge in [0.05, 0.1) is 23.7 Å². The number of fused-ring (bicyclic) bond motifs is 1. The van der Waals surface area contributed by atoms with Crippen LogP contribution in [-0.2, 0) is 20.9 Å². The third kappa shape index (κ3) is 5.49. The highest BCUT2D eigenvalue weighted by Gasteiger charge is 2.35.